The number of hydrazine groups is 1. The fourth-order valence-electron chi connectivity index (χ4n) is 2.06. The van der Waals surface area contributed by atoms with Crippen molar-refractivity contribution in [1.29, 1.82) is 0 Å². The molecule has 1 aromatic carbocycles. The van der Waals surface area contributed by atoms with Crippen LogP contribution < -0.4 is 11.3 Å². The monoisotopic (exact) mass is 279 g/mol. The molecule has 1 heterocycles. The molecule has 3 nitrogen and oxygen atoms in total. The van der Waals surface area contributed by atoms with E-state index >= 15 is 0 Å². The number of benzene rings is 1. The molecule has 0 aliphatic rings. The van der Waals surface area contributed by atoms with Crippen molar-refractivity contribution in [3.8, 4) is 0 Å². The quantitative estimate of drug-likeness (QED) is 0.668. The largest absolute Gasteiger partial charge is 0.271 e. The summed E-state index contributed by atoms with van der Waals surface area (Å²) < 4.78 is 13.4. The van der Waals surface area contributed by atoms with Crippen LogP contribution in [0.25, 0.3) is 0 Å². The lowest BCUT2D eigenvalue weighted by molar-refractivity contribution is 0.594. The molecule has 0 spiro atoms. The number of pyridine rings is 1. The van der Waals surface area contributed by atoms with Gasteiger partial charge in [0.15, 0.2) is 0 Å². The van der Waals surface area contributed by atoms with Crippen LogP contribution in [0.5, 0.6) is 0 Å². The molecular weight excluding hydrogens is 265 g/mol. The van der Waals surface area contributed by atoms with Crippen LogP contribution in [0, 0.1) is 5.82 Å². The number of aryl methyl sites for hydroxylation is 1. The SMILES string of the molecule is CCc1cccnc1C(NN)c1cc(F)ccc1Cl. The third kappa shape index (κ3) is 2.92. The third-order valence-corrected chi connectivity index (χ3v) is 3.36. The van der Waals surface area contributed by atoms with Crippen molar-refractivity contribution in [3.05, 3.63) is 64.2 Å². The predicted molar refractivity (Wildman–Crippen MR) is 74.2 cm³/mol. The van der Waals surface area contributed by atoms with Crippen LogP contribution in [0.1, 0.15) is 29.8 Å². The van der Waals surface area contributed by atoms with Crippen LogP contribution in [0.15, 0.2) is 36.5 Å². The van der Waals surface area contributed by atoms with Crippen LogP contribution in [-0.2, 0) is 6.42 Å². The first-order valence-electron chi connectivity index (χ1n) is 6.02. The highest BCUT2D eigenvalue weighted by Crippen LogP contribution is 2.29. The first-order valence-corrected chi connectivity index (χ1v) is 6.40. The van der Waals surface area contributed by atoms with Gasteiger partial charge in [-0.1, -0.05) is 24.6 Å². The number of rotatable bonds is 4. The summed E-state index contributed by atoms with van der Waals surface area (Å²) >= 11 is 6.13. The molecule has 2 aromatic rings. The molecule has 0 aliphatic carbocycles. The maximum Gasteiger partial charge on any atom is 0.123 e. The Morgan fingerprint density at radius 3 is 2.89 bits per heavy atom. The first-order chi connectivity index (χ1) is 9.17. The molecule has 0 amide bonds. The molecule has 1 aromatic heterocycles. The molecule has 0 bridgehead atoms. The Kier molecular flexibility index (Phi) is 4.47. The number of aromatic nitrogens is 1. The van der Waals surface area contributed by atoms with E-state index < -0.39 is 6.04 Å². The Bertz CT molecular complexity index is 574. The van der Waals surface area contributed by atoms with Gasteiger partial charge in [-0.3, -0.25) is 10.8 Å². The molecule has 3 N–H and O–H groups in total. The summed E-state index contributed by atoms with van der Waals surface area (Å²) in [5.41, 5.74) is 5.06. The van der Waals surface area contributed by atoms with Gasteiger partial charge >= 0.3 is 0 Å². The minimum Gasteiger partial charge on any atom is -0.271 e. The molecule has 5 heteroatoms. The summed E-state index contributed by atoms with van der Waals surface area (Å²) in [6.07, 6.45) is 2.50. The fourth-order valence-corrected chi connectivity index (χ4v) is 2.29. The molecule has 0 aliphatic heterocycles. The maximum absolute atomic E-state index is 13.4. The van der Waals surface area contributed by atoms with Gasteiger partial charge < -0.3 is 0 Å². The predicted octanol–water partition coefficient (Wildman–Crippen LogP) is 2.99. The normalized spacial score (nSPS) is 12.4. The van der Waals surface area contributed by atoms with E-state index in [2.05, 4.69) is 10.4 Å². The Labute approximate surface area is 116 Å². The number of nitrogens with zero attached hydrogens (tertiary/aromatic N) is 1. The van der Waals surface area contributed by atoms with E-state index in [4.69, 9.17) is 17.4 Å². The van der Waals surface area contributed by atoms with Gasteiger partial charge in [0.1, 0.15) is 5.82 Å². The molecular formula is C14H15ClFN3. The second-order valence-electron chi connectivity index (χ2n) is 4.17. The van der Waals surface area contributed by atoms with E-state index in [1.54, 1.807) is 6.20 Å². The van der Waals surface area contributed by atoms with E-state index in [0.717, 1.165) is 17.7 Å². The second-order valence-corrected chi connectivity index (χ2v) is 4.57. The topological polar surface area (TPSA) is 50.9 Å². The minimum atomic E-state index is -0.431. The van der Waals surface area contributed by atoms with E-state index in [1.165, 1.54) is 18.2 Å². The lowest BCUT2D eigenvalue weighted by Gasteiger charge is -2.19. The van der Waals surface area contributed by atoms with Crippen molar-refractivity contribution in [3.63, 3.8) is 0 Å². The molecule has 1 unspecified atom stereocenters. The molecule has 0 fully saturated rings. The number of nitrogens with one attached hydrogen (secondary N) is 1. The third-order valence-electron chi connectivity index (χ3n) is 3.02. The van der Waals surface area contributed by atoms with Crippen LogP contribution in [0.3, 0.4) is 0 Å². The van der Waals surface area contributed by atoms with Gasteiger partial charge in [0.2, 0.25) is 0 Å². The summed E-state index contributed by atoms with van der Waals surface area (Å²) in [6.45, 7) is 2.03. The van der Waals surface area contributed by atoms with E-state index in [1.807, 2.05) is 19.1 Å². The molecule has 19 heavy (non-hydrogen) atoms. The first kappa shape index (κ1) is 13.9. The van der Waals surface area contributed by atoms with Gasteiger partial charge in [-0.05, 0) is 41.8 Å². The maximum atomic E-state index is 13.4. The van der Waals surface area contributed by atoms with E-state index in [9.17, 15) is 4.39 Å². The average Bonchev–Trinajstić information content (AvgIpc) is 2.44. The van der Waals surface area contributed by atoms with Crippen LogP contribution >= 0.6 is 11.6 Å². The number of hydrogen-bond acceptors (Lipinski definition) is 3. The van der Waals surface area contributed by atoms with Gasteiger partial charge in [-0.25, -0.2) is 9.82 Å². The summed E-state index contributed by atoms with van der Waals surface area (Å²) in [6, 6.07) is 7.62. The van der Waals surface area contributed by atoms with E-state index in [0.29, 0.717) is 10.6 Å². The van der Waals surface area contributed by atoms with Crippen molar-refractivity contribution in [2.24, 2.45) is 5.84 Å². The Morgan fingerprint density at radius 1 is 1.42 bits per heavy atom. The molecule has 100 valence electrons. The molecule has 1 atom stereocenters. The fraction of sp³-hybridized carbons (Fsp3) is 0.214. The van der Waals surface area contributed by atoms with Crippen LogP contribution in [0.2, 0.25) is 5.02 Å². The Balaban J connectivity index is 2.53. The lowest BCUT2D eigenvalue weighted by Crippen LogP contribution is -2.30. The zero-order valence-corrected chi connectivity index (χ0v) is 11.3. The van der Waals surface area contributed by atoms with Gasteiger partial charge in [-0.2, -0.15) is 0 Å². The van der Waals surface area contributed by atoms with Gasteiger partial charge in [-0.15, -0.1) is 0 Å². The zero-order chi connectivity index (χ0) is 13.8. The highest BCUT2D eigenvalue weighted by molar-refractivity contribution is 6.31. The second kappa shape index (κ2) is 6.10. The number of halogens is 2. The lowest BCUT2D eigenvalue weighted by atomic mass is 9.98. The number of hydrogen-bond donors (Lipinski definition) is 2. The van der Waals surface area contributed by atoms with Crippen molar-refractivity contribution < 1.29 is 4.39 Å². The van der Waals surface area contributed by atoms with Crippen LogP contribution in [0.4, 0.5) is 4.39 Å². The smallest absolute Gasteiger partial charge is 0.123 e. The summed E-state index contributed by atoms with van der Waals surface area (Å²) in [4.78, 5) is 4.34. The summed E-state index contributed by atoms with van der Waals surface area (Å²) in [7, 11) is 0. The standard InChI is InChI=1S/C14H15ClFN3/c1-2-9-4-3-7-18-13(9)14(19-17)11-8-10(16)5-6-12(11)15/h3-8,14,19H,2,17H2,1H3. The van der Waals surface area contributed by atoms with Crippen LogP contribution in [-0.4, -0.2) is 4.98 Å². The molecule has 0 saturated heterocycles. The Morgan fingerprint density at radius 2 is 2.21 bits per heavy atom. The minimum absolute atomic E-state index is 0.353. The average molecular weight is 280 g/mol. The van der Waals surface area contributed by atoms with Gasteiger partial charge in [0.05, 0.1) is 11.7 Å². The van der Waals surface area contributed by atoms with Gasteiger partial charge in [0, 0.05) is 11.2 Å². The van der Waals surface area contributed by atoms with Crippen molar-refractivity contribution in [1.82, 2.24) is 10.4 Å². The van der Waals surface area contributed by atoms with E-state index in [-0.39, 0.29) is 5.82 Å². The molecule has 2 rings (SSSR count). The summed E-state index contributed by atoms with van der Waals surface area (Å²) in [5.74, 6) is 5.26. The van der Waals surface area contributed by atoms with Crippen molar-refractivity contribution >= 4 is 11.6 Å². The number of nitrogens with two attached hydrogens (primary N) is 1. The molecule has 0 radical (unpaired) electrons. The zero-order valence-electron chi connectivity index (χ0n) is 10.5. The summed E-state index contributed by atoms with van der Waals surface area (Å²) in [5, 5.41) is 0.456. The molecule has 0 saturated carbocycles. The van der Waals surface area contributed by atoms with Crippen molar-refractivity contribution in [2.75, 3.05) is 0 Å². The highest BCUT2D eigenvalue weighted by Gasteiger charge is 2.20. The Hall–Kier alpha value is -1.49. The highest BCUT2D eigenvalue weighted by atomic mass is 35.5. The van der Waals surface area contributed by atoms with Gasteiger partial charge in [0.25, 0.3) is 0 Å². The van der Waals surface area contributed by atoms with Crippen molar-refractivity contribution in [2.45, 2.75) is 19.4 Å².